The molecule has 0 fully saturated rings. The molecule has 0 aliphatic rings. The minimum Gasteiger partial charge on any atom is -0.324 e. The Morgan fingerprint density at radius 1 is 1.19 bits per heavy atom. The van der Waals surface area contributed by atoms with Gasteiger partial charge < -0.3 is 5.73 Å². The molecule has 1 heterocycles. The Hall–Kier alpha value is -0.830. The molecular formula is C13H25N3. The van der Waals surface area contributed by atoms with Crippen molar-refractivity contribution in [2.24, 2.45) is 5.73 Å². The van der Waals surface area contributed by atoms with Crippen LogP contribution in [0.2, 0.25) is 0 Å². The number of hydrogen-bond donors (Lipinski definition) is 1. The molecular weight excluding hydrogens is 198 g/mol. The highest BCUT2D eigenvalue weighted by Crippen LogP contribution is 2.24. The second-order valence-corrected chi connectivity index (χ2v) is 4.25. The lowest BCUT2D eigenvalue weighted by molar-refractivity contribution is 0.568. The molecule has 1 unspecified atom stereocenters. The van der Waals surface area contributed by atoms with Crippen molar-refractivity contribution in [3.05, 3.63) is 17.0 Å². The fraction of sp³-hybridized carbons (Fsp3) is 0.769. The van der Waals surface area contributed by atoms with Gasteiger partial charge in [0.15, 0.2) is 0 Å². The smallest absolute Gasteiger partial charge is 0.0672 e. The molecule has 0 spiro atoms. The first-order chi connectivity index (χ1) is 7.69. The van der Waals surface area contributed by atoms with Gasteiger partial charge in [0, 0.05) is 23.8 Å². The monoisotopic (exact) mass is 223 g/mol. The van der Waals surface area contributed by atoms with Crippen LogP contribution in [0.4, 0.5) is 0 Å². The van der Waals surface area contributed by atoms with Crippen molar-refractivity contribution in [2.45, 2.75) is 66.0 Å². The Morgan fingerprint density at radius 3 is 2.31 bits per heavy atom. The van der Waals surface area contributed by atoms with E-state index in [1.165, 1.54) is 17.0 Å². The molecule has 0 aliphatic carbocycles. The third-order valence-corrected chi connectivity index (χ3v) is 3.09. The van der Waals surface area contributed by atoms with E-state index in [1.807, 2.05) is 0 Å². The number of aromatic nitrogens is 2. The lowest BCUT2D eigenvalue weighted by atomic mass is 10.00. The summed E-state index contributed by atoms with van der Waals surface area (Å²) in [7, 11) is 0. The van der Waals surface area contributed by atoms with Gasteiger partial charge in [0.05, 0.1) is 5.69 Å². The maximum absolute atomic E-state index is 6.20. The standard InChI is InChI=1S/C13H25N3/c1-5-9-16-12(8-4)13(10(14)6-2)11(7-3)15-16/h10H,5-9,14H2,1-4H3. The minimum absolute atomic E-state index is 0.149. The van der Waals surface area contributed by atoms with Gasteiger partial charge in [-0.1, -0.05) is 27.7 Å². The van der Waals surface area contributed by atoms with E-state index in [1.54, 1.807) is 0 Å². The van der Waals surface area contributed by atoms with Crippen molar-refractivity contribution in [1.82, 2.24) is 9.78 Å². The molecule has 3 nitrogen and oxygen atoms in total. The largest absolute Gasteiger partial charge is 0.324 e. The zero-order valence-electron chi connectivity index (χ0n) is 11.1. The van der Waals surface area contributed by atoms with Crippen molar-refractivity contribution in [1.29, 1.82) is 0 Å². The summed E-state index contributed by atoms with van der Waals surface area (Å²) in [6.45, 7) is 9.68. The fourth-order valence-electron chi connectivity index (χ4n) is 2.23. The minimum atomic E-state index is 0.149. The molecule has 0 saturated heterocycles. The molecule has 0 amide bonds. The van der Waals surface area contributed by atoms with Crippen molar-refractivity contribution in [3.63, 3.8) is 0 Å². The van der Waals surface area contributed by atoms with Crippen LogP contribution in [0.15, 0.2) is 0 Å². The third kappa shape index (κ3) is 2.46. The van der Waals surface area contributed by atoms with Gasteiger partial charge in [-0.2, -0.15) is 5.10 Å². The molecule has 1 aromatic heterocycles. The van der Waals surface area contributed by atoms with Crippen LogP contribution in [0, 0.1) is 0 Å². The summed E-state index contributed by atoms with van der Waals surface area (Å²) in [5, 5.41) is 4.69. The molecule has 0 bridgehead atoms. The van der Waals surface area contributed by atoms with Crippen LogP contribution in [0.25, 0.3) is 0 Å². The molecule has 3 heteroatoms. The van der Waals surface area contributed by atoms with Gasteiger partial charge in [-0.05, 0) is 25.7 Å². The van der Waals surface area contributed by atoms with Crippen molar-refractivity contribution in [3.8, 4) is 0 Å². The van der Waals surface area contributed by atoms with E-state index < -0.39 is 0 Å². The number of nitrogens with zero attached hydrogens (tertiary/aromatic N) is 2. The number of hydrogen-bond acceptors (Lipinski definition) is 2. The number of rotatable bonds is 6. The highest BCUT2D eigenvalue weighted by atomic mass is 15.3. The molecule has 92 valence electrons. The number of nitrogens with two attached hydrogens (primary N) is 1. The summed E-state index contributed by atoms with van der Waals surface area (Å²) in [6.07, 6.45) is 4.11. The van der Waals surface area contributed by atoms with Crippen LogP contribution in [-0.4, -0.2) is 9.78 Å². The molecule has 0 radical (unpaired) electrons. The average molecular weight is 223 g/mol. The van der Waals surface area contributed by atoms with Crippen molar-refractivity contribution in [2.75, 3.05) is 0 Å². The highest BCUT2D eigenvalue weighted by Gasteiger charge is 2.19. The predicted molar refractivity (Wildman–Crippen MR) is 68.5 cm³/mol. The second kappa shape index (κ2) is 6.04. The topological polar surface area (TPSA) is 43.8 Å². The van der Waals surface area contributed by atoms with E-state index in [9.17, 15) is 0 Å². The molecule has 2 N–H and O–H groups in total. The Bertz CT molecular complexity index is 328. The molecule has 0 saturated carbocycles. The van der Waals surface area contributed by atoms with Gasteiger partial charge in [0.25, 0.3) is 0 Å². The summed E-state index contributed by atoms with van der Waals surface area (Å²) in [4.78, 5) is 0. The number of aryl methyl sites for hydroxylation is 2. The van der Waals surface area contributed by atoms with Gasteiger partial charge in [-0.25, -0.2) is 0 Å². The van der Waals surface area contributed by atoms with E-state index >= 15 is 0 Å². The third-order valence-electron chi connectivity index (χ3n) is 3.09. The maximum atomic E-state index is 6.20. The van der Waals surface area contributed by atoms with Crippen molar-refractivity contribution >= 4 is 0 Å². The zero-order valence-corrected chi connectivity index (χ0v) is 11.1. The molecule has 16 heavy (non-hydrogen) atoms. The summed E-state index contributed by atoms with van der Waals surface area (Å²) >= 11 is 0. The molecule has 1 atom stereocenters. The molecule has 0 aromatic carbocycles. The summed E-state index contributed by atoms with van der Waals surface area (Å²) in [6, 6.07) is 0.149. The zero-order chi connectivity index (χ0) is 12.1. The van der Waals surface area contributed by atoms with E-state index in [2.05, 4.69) is 32.4 Å². The van der Waals surface area contributed by atoms with Gasteiger partial charge in [0.2, 0.25) is 0 Å². The van der Waals surface area contributed by atoms with Gasteiger partial charge in [-0.3, -0.25) is 4.68 Å². The van der Waals surface area contributed by atoms with E-state index in [0.717, 1.165) is 32.2 Å². The molecule has 0 aliphatic heterocycles. The Balaban J connectivity index is 3.19. The summed E-state index contributed by atoms with van der Waals surface area (Å²) < 4.78 is 2.16. The lowest BCUT2D eigenvalue weighted by Crippen LogP contribution is -2.13. The quantitative estimate of drug-likeness (QED) is 0.806. The normalized spacial score (nSPS) is 13.1. The SMILES string of the molecule is CCCn1nc(CC)c(C(N)CC)c1CC. The van der Waals surface area contributed by atoms with E-state index in [-0.39, 0.29) is 6.04 Å². The maximum Gasteiger partial charge on any atom is 0.0672 e. The van der Waals surface area contributed by atoms with Gasteiger partial charge in [0.1, 0.15) is 0 Å². The summed E-state index contributed by atoms with van der Waals surface area (Å²) in [5.74, 6) is 0. The summed E-state index contributed by atoms with van der Waals surface area (Å²) in [5.41, 5.74) is 10.0. The van der Waals surface area contributed by atoms with Crippen LogP contribution in [0.3, 0.4) is 0 Å². The van der Waals surface area contributed by atoms with Crippen molar-refractivity contribution < 1.29 is 0 Å². The van der Waals surface area contributed by atoms with Crippen LogP contribution >= 0.6 is 0 Å². The highest BCUT2D eigenvalue weighted by molar-refractivity contribution is 5.30. The van der Waals surface area contributed by atoms with Crippen LogP contribution in [-0.2, 0) is 19.4 Å². The first-order valence-corrected chi connectivity index (χ1v) is 6.53. The fourth-order valence-corrected chi connectivity index (χ4v) is 2.23. The Kier molecular flexibility index (Phi) is 5.00. The van der Waals surface area contributed by atoms with Gasteiger partial charge >= 0.3 is 0 Å². The first kappa shape index (κ1) is 13.2. The lowest BCUT2D eigenvalue weighted by Gasteiger charge is -2.12. The van der Waals surface area contributed by atoms with Crippen LogP contribution in [0.1, 0.15) is 63.5 Å². The van der Waals surface area contributed by atoms with E-state index in [4.69, 9.17) is 10.8 Å². The van der Waals surface area contributed by atoms with Crippen LogP contribution < -0.4 is 5.73 Å². The Labute approximate surface area is 99.0 Å². The van der Waals surface area contributed by atoms with Crippen LogP contribution in [0.5, 0.6) is 0 Å². The molecule has 1 aromatic rings. The van der Waals surface area contributed by atoms with E-state index in [0.29, 0.717) is 0 Å². The average Bonchev–Trinajstić information content (AvgIpc) is 2.66. The first-order valence-electron chi connectivity index (χ1n) is 6.53. The van der Waals surface area contributed by atoms with Gasteiger partial charge in [-0.15, -0.1) is 0 Å². The second-order valence-electron chi connectivity index (χ2n) is 4.25. The molecule has 1 rings (SSSR count). The Morgan fingerprint density at radius 2 is 1.88 bits per heavy atom. The predicted octanol–water partition coefficient (Wildman–Crippen LogP) is 2.83.